The van der Waals surface area contributed by atoms with Crippen LogP contribution in [0.3, 0.4) is 0 Å². The molecule has 0 spiro atoms. The van der Waals surface area contributed by atoms with E-state index >= 15 is 0 Å². The van der Waals surface area contributed by atoms with Crippen LogP contribution in [0.2, 0.25) is 0 Å². The smallest absolute Gasteiger partial charge is 0.164 e. The number of rotatable bonds is 4. The summed E-state index contributed by atoms with van der Waals surface area (Å²) in [5.41, 5.74) is 6.76. The van der Waals surface area contributed by atoms with Gasteiger partial charge in [-0.1, -0.05) is 50.2 Å². The standard InChI is InChI=1S/C29H32N2O/c1-5-31(6-2)22-13-11-19(12-14-22)28-24-17-29(3,4)18-26(32)27(24)23-15-20-9-7-8-10-21(20)16-25(23)30-28/h7-16,28,30H,5-6,17-18H2,1-4H3/t28-/m0/s1. The molecule has 1 aliphatic carbocycles. The zero-order valence-electron chi connectivity index (χ0n) is 19.5. The van der Waals surface area contributed by atoms with Crippen LogP contribution in [0.4, 0.5) is 11.4 Å². The number of allylic oxidation sites excluding steroid dienone is 1. The van der Waals surface area contributed by atoms with E-state index in [1.807, 2.05) is 0 Å². The van der Waals surface area contributed by atoms with Crippen molar-refractivity contribution in [2.75, 3.05) is 23.3 Å². The first-order valence-electron chi connectivity index (χ1n) is 11.8. The van der Waals surface area contributed by atoms with Gasteiger partial charge in [-0.05, 0) is 71.9 Å². The van der Waals surface area contributed by atoms with Gasteiger partial charge in [0, 0.05) is 42.0 Å². The number of anilines is 2. The number of ketones is 1. The van der Waals surface area contributed by atoms with Gasteiger partial charge in [-0.15, -0.1) is 0 Å². The van der Waals surface area contributed by atoms with Crippen molar-refractivity contribution in [3.63, 3.8) is 0 Å². The largest absolute Gasteiger partial charge is 0.374 e. The van der Waals surface area contributed by atoms with E-state index in [-0.39, 0.29) is 17.2 Å². The molecule has 0 unspecified atom stereocenters. The van der Waals surface area contributed by atoms with Crippen molar-refractivity contribution in [3.05, 3.63) is 77.4 Å². The summed E-state index contributed by atoms with van der Waals surface area (Å²) in [6, 6.07) is 21.7. The van der Waals surface area contributed by atoms with E-state index in [0.717, 1.165) is 36.3 Å². The molecular formula is C29H32N2O. The molecule has 5 rings (SSSR count). The van der Waals surface area contributed by atoms with Crippen molar-refractivity contribution >= 4 is 33.5 Å². The molecule has 0 bridgehead atoms. The summed E-state index contributed by atoms with van der Waals surface area (Å²) in [5, 5.41) is 6.19. The monoisotopic (exact) mass is 424 g/mol. The molecule has 3 nitrogen and oxygen atoms in total. The Balaban J connectivity index is 1.65. The molecule has 1 atom stereocenters. The van der Waals surface area contributed by atoms with E-state index in [2.05, 4.69) is 98.6 Å². The molecule has 164 valence electrons. The molecule has 0 aromatic heterocycles. The van der Waals surface area contributed by atoms with Gasteiger partial charge >= 0.3 is 0 Å². The van der Waals surface area contributed by atoms with Crippen LogP contribution in [-0.4, -0.2) is 18.9 Å². The van der Waals surface area contributed by atoms with E-state index < -0.39 is 0 Å². The van der Waals surface area contributed by atoms with Gasteiger partial charge in [0.15, 0.2) is 5.78 Å². The topological polar surface area (TPSA) is 32.3 Å². The summed E-state index contributed by atoms with van der Waals surface area (Å²) in [6.07, 6.45) is 1.53. The normalized spacial score (nSPS) is 19.4. The van der Waals surface area contributed by atoms with Crippen molar-refractivity contribution < 1.29 is 4.79 Å². The number of carbonyl (C=O) groups excluding carboxylic acids is 1. The Labute approximate surface area is 191 Å². The van der Waals surface area contributed by atoms with Gasteiger partial charge in [0.1, 0.15) is 0 Å². The summed E-state index contributed by atoms with van der Waals surface area (Å²) >= 11 is 0. The highest BCUT2D eigenvalue weighted by Gasteiger charge is 2.40. The van der Waals surface area contributed by atoms with E-state index in [1.54, 1.807) is 0 Å². The molecule has 0 saturated heterocycles. The van der Waals surface area contributed by atoms with Crippen LogP contribution in [0.1, 0.15) is 57.7 Å². The Bertz CT molecular complexity index is 1220. The highest BCUT2D eigenvalue weighted by atomic mass is 16.1. The molecular weight excluding hydrogens is 392 g/mol. The highest BCUT2D eigenvalue weighted by Crippen LogP contribution is 2.50. The average molecular weight is 425 g/mol. The number of hydrogen-bond donors (Lipinski definition) is 1. The van der Waals surface area contributed by atoms with Crippen LogP contribution < -0.4 is 10.2 Å². The molecule has 1 N–H and O–H groups in total. The minimum absolute atomic E-state index is 0.0212. The Morgan fingerprint density at radius 2 is 1.59 bits per heavy atom. The summed E-state index contributed by atoms with van der Waals surface area (Å²) in [4.78, 5) is 15.8. The number of hydrogen-bond acceptors (Lipinski definition) is 3. The maximum absolute atomic E-state index is 13.4. The summed E-state index contributed by atoms with van der Waals surface area (Å²) in [5.74, 6) is 0.277. The number of fused-ring (bicyclic) bond motifs is 3. The van der Waals surface area contributed by atoms with Crippen molar-refractivity contribution in [1.29, 1.82) is 0 Å². The first-order chi connectivity index (χ1) is 15.4. The zero-order chi connectivity index (χ0) is 22.5. The second-order valence-electron chi connectivity index (χ2n) is 9.93. The lowest BCUT2D eigenvalue weighted by Crippen LogP contribution is -2.32. The van der Waals surface area contributed by atoms with Crippen LogP contribution in [-0.2, 0) is 4.79 Å². The fourth-order valence-electron chi connectivity index (χ4n) is 5.50. The molecule has 1 aliphatic heterocycles. The lowest BCUT2D eigenvalue weighted by atomic mass is 9.68. The number of nitrogens with one attached hydrogen (secondary N) is 1. The van der Waals surface area contributed by atoms with Gasteiger partial charge in [0.2, 0.25) is 0 Å². The van der Waals surface area contributed by atoms with Crippen molar-refractivity contribution in [2.45, 2.75) is 46.6 Å². The number of carbonyl (C=O) groups is 1. The first kappa shape index (κ1) is 20.8. The zero-order valence-corrected chi connectivity index (χ0v) is 19.5. The molecule has 32 heavy (non-hydrogen) atoms. The van der Waals surface area contributed by atoms with E-state index in [4.69, 9.17) is 0 Å². The van der Waals surface area contributed by atoms with Crippen molar-refractivity contribution in [1.82, 2.24) is 0 Å². The summed E-state index contributed by atoms with van der Waals surface area (Å²) < 4.78 is 0. The number of benzene rings is 3. The number of Topliss-reactive ketones (excluding diaryl/α,β-unsaturated/α-hetero) is 1. The Morgan fingerprint density at radius 1 is 0.938 bits per heavy atom. The maximum atomic E-state index is 13.4. The SMILES string of the molecule is CCN(CC)c1ccc([C@@H]2Nc3cc4ccccc4cc3C3=C2CC(C)(C)CC3=O)cc1. The summed E-state index contributed by atoms with van der Waals surface area (Å²) in [7, 11) is 0. The lowest BCUT2D eigenvalue weighted by Gasteiger charge is -2.40. The van der Waals surface area contributed by atoms with E-state index in [9.17, 15) is 4.79 Å². The third-order valence-electron chi connectivity index (χ3n) is 7.07. The molecule has 1 heterocycles. The van der Waals surface area contributed by atoms with Crippen LogP contribution >= 0.6 is 0 Å². The van der Waals surface area contributed by atoms with Crippen LogP contribution in [0.5, 0.6) is 0 Å². The molecule has 0 radical (unpaired) electrons. The quantitative estimate of drug-likeness (QED) is 0.489. The third kappa shape index (κ3) is 3.50. The average Bonchev–Trinajstić information content (AvgIpc) is 2.77. The minimum atomic E-state index is -0.0225. The molecule has 2 aliphatic rings. The van der Waals surface area contributed by atoms with Gasteiger partial charge in [-0.3, -0.25) is 4.79 Å². The predicted octanol–water partition coefficient (Wildman–Crippen LogP) is 7.00. The Kier molecular flexibility index (Phi) is 5.08. The Morgan fingerprint density at radius 3 is 2.25 bits per heavy atom. The predicted molar refractivity (Wildman–Crippen MR) is 135 cm³/mol. The molecule has 3 heteroatoms. The van der Waals surface area contributed by atoms with Gasteiger partial charge < -0.3 is 10.2 Å². The Hall–Kier alpha value is -3.07. The second-order valence-corrected chi connectivity index (χ2v) is 9.93. The molecule has 3 aromatic rings. The van der Waals surface area contributed by atoms with Gasteiger partial charge in [0.05, 0.1) is 6.04 Å². The second kappa shape index (κ2) is 7.81. The van der Waals surface area contributed by atoms with Crippen LogP contribution in [0.15, 0.2) is 66.2 Å². The van der Waals surface area contributed by atoms with Gasteiger partial charge in [-0.2, -0.15) is 0 Å². The van der Waals surface area contributed by atoms with E-state index in [1.165, 1.54) is 27.6 Å². The lowest BCUT2D eigenvalue weighted by molar-refractivity contribution is -0.116. The van der Waals surface area contributed by atoms with Crippen LogP contribution in [0, 0.1) is 5.41 Å². The van der Waals surface area contributed by atoms with Crippen molar-refractivity contribution in [3.8, 4) is 0 Å². The minimum Gasteiger partial charge on any atom is -0.374 e. The third-order valence-corrected chi connectivity index (χ3v) is 7.07. The molecule has 0 amide bonds. The molecule has 3 aromatic carbocycles. The number of nitrogens with zero attached hydrogens (tertiary/aromatic N) is 1. The fraction of sp³-hybridized carbons (Fsp3) is 0.345. The maximum Gasteiger partial charge on any atom is 0.164 e. The molecule has 0 saturated carbocycles. The first-order valence-corrected chi connectivity index (χ1v) is 11.8. The van der Waals surface area contributed by atoms with Gasteiger partial charge in [0.25, 0.3) is 0 Å². The van der Waals surface area contributed by atoms with Crippen molar-refractivity contribution in [2.24, 2.45) is 5.41 Å². The fourth-order valence-corrected chi connectivity index (χ4v) is 5.50. The summed E-state index contributed by atoms with van der Waals surface area (Å²) in [6.45, 7) is 10.8. The molecule has 0 fully saturated rings. The van der Waals surface area contributed by atoms with Crippen LogP contribution in [0.25, 0.3) is 16.3 Å². The van der Waals surface area contributed by atoms with Gasteiger partial charge in [-0.25, -0.2) is 0 Å². The van der Waals surface area contributed by atoms with E-state index in [0.29, 0.717) is 6.42 Å². The highest BCUT2D eigenvalue weighted by molar-refractivity contribution is 6.25.